The first kappa shape index (κ1) is 18.9. The van der Waals surface area contributed by atoms with Gasteiger partial charge in [-0.1, -0.05) is 32.0 Å². The predicted molar refractivity (Wildman–Crippen MR) is 103 cm³/mol. The molecule has 3 rings (SSSR count). The zero-order valence-electron chi connectivity index (χ0n) is 15.9. The van der Waals surface area contributed by atoms with Gasteiger partial charge in [0.05, 0.1) is 0 Å². The van der Waals surface area contributed by atoms with Crippen LogP contribution in [0.15, 0.2) is 24.3 Å². The van der Waals surface area contributed by atoms with Gasteiger partial charge in [-0.3, -0.25) is 19.4 Å². The van der Waals surface area contributed by atoms with E-state index in [9.17, 15) is 9.59 Å². The molecule has 0 radical (unpaired) electrons. The molecule has 2 aliphatic heterocycles. The Morgan fingerprint density at radius 3 is 2.46 bits per heavy atom. The first-order valence-corrected chi connectivity index (χ1v) is 9.76. The minimum Gasteiger partial charge on any atom is -0.353 e. The molecule has 2 heterocycles. The molecule has 2 amide bonds. The van der Waals surface area contributed by atoms with Crippen molar-refractivity contribution >= 4 is 17.5 Å². The molecule has 6 nitrogen and oxygen atoms in total. The number of anilines is 1. The van der Waals surface area contributed by atoms with Gasteiger partial charge in [-0.2, -0.15) is 0 Å². The van der Waals surface area contributed by atoms with Gasteiger partial charge in [0.1, 0.15) is 6.04 Å². The van der Waals surface area contributed by atoms with Gasteiger partial charge in [-0.25, -0.2) is 0 Å². The molecule has 1 aromatic rings. The molecule has 2 aliphatic rings. The van der Waals surface area contributed by atoms with E-state index in [-0.39, 0.29) is 11.8 Å². The molecular weight excluding hydrogens is 328 g/mol. The first-order valence-electron chi connectivity index (χ1n) is 9.76. The number of hydrogen-bond acceptors (Lipinski definition) is 4. The Labute approximate surface area is 156 Å². The summed E-state index contributed by atoms with van der Waals surface area (Å²) in [6.45, 7) is 10.9. The van der Waals surface area contributed by atoms with Crippen molar-refractivity contribution in [3.8, 4) is 0 Å². The summed E-state index contributed by atoms with van der Waals surface area (Å²) in [6, 6.07) is 7.40. The summed E-state index contributed by atoms with van der Waals surface area (Å²) in [5.74, 6) is -0.0408. The van der Waals surface area contributed by atoms with E-state index in [0.29, 0.717) is 19.4 Å². The van der Waals surface area contributed by atoms with E-state index in [2.05, 4.69) is 22.0 Å². The molecule has 0 saturated carbocycles. The third-order valence-corrected chi connectivity index (χ3v) is 5.49. The van der Waals surface area contributed by atoms with Crippen LogP contribution in [0.25, 0.3) is 0 Å². The van der Waals surface area contributed by atoms with Crippen LogP contribution < -0.4 is 10.2 Å². The van der Waals surface area contributed by atoms with Crippen LogP contribution in [0.1, 0.15) is 25.8 Å². The predicted octanol–water partition coefficient (Wildman–Crippen LogP) is 1.11. The molecule has 6 heteroatoms. The second-order valence-corrected chi connectivity index (χ2v) is 7.03. The first-order chi connectivity index (χ1) is 12.6. The molecule has 1 saturated heterocycles. The zero-order valence-corrected chi connectivity index (χ0v) is 15.9. The maximum absolute atomic E-state index is 12.8. The molecular formula is C20H30N4O2. The minimum atomic E-state index is -0.420. The summed E-state index contributed by atoms with van der Waals surface area (Å²) in [6.07, 6.45) is 1.00. The van der Waals surface area contributed by atoms with Crippen LogP contribution in [0.3, 0.4) is 0 Å². The fourth-order valence-corrected chi connectivity index (χ4v) is 3.86. The Morgan fingerprint density at radius 1 is 1.08 bits per heavy atom. The van der Waals surface area contributed by atoms with Gasteiger partial charge >= 0.3 is 0 Å². The van der Waals surface area contributed by atoms with Gasteiger partial charge in [-0.15, -0.1) is 0 Å². The maximum atomic E-state index is 12.8. The highest BCUT2D eigenvalue weighted by Crippen LogP contribution is 2.32. The van der Waals surface area contributed by atoms with Crippen molar-refractivity contribution in [2.75, 3.05) is 50.7 Å². The zero-order chi connectivity index (χ0) is 18.5. The van der Waals surface area contributed by atoms with Gasteiger partial charge in [0.15, 0.2) is 0 Å². The van der Waals surface area contributed by atoms with Crippen LogP contribution in [0.4, 0.5) is 5.69 Å². The van der Waals surface area contributed by atoms with E-state index in [0.717, 1.165) is 50.5 Å². The smallest absolute Gasteiger partial charge is 0.243 e. The molecule has 1 atom stereocenters. The lowest BCUT2D eigenvalue weighted by atomic mass is 10.1. The Kier molecular flexibility index (Phi) is 6.27. The Bertz CT molecular complexity index is 640. The summed E-state index contributed by atoms with van der Waals surface area (Å²) < 4.78 is 0. The minimum absolute atomic E-state index is 0.00536. The van der Waals surface area contributed by atoms with Crippen LogP contribution in [-0.4, -0.2) is 73.5 Å². The number of rotatable bonds is 6. The lowest BCUT2D eigenvalue weighted by molar-refractivity contribution is -0.126. The molecule has 1 N–H and O–H groups in total. The lowest BCUT2D eigenvalue weighted by Gasteiger charge is -2.34. The van der Waals surface area contributed by atoms with E-state index in [1.165, 1.54) is 0 Å². The summed E-state index contributed by atoms with van der Waals surface area (Å²) >= 11 is 0. The second kappa shape index (κ2) is 8.64. The standard InChI is InChI=1S/C20H30N4O2/c1-3-19(25)24-17-8-6-5-7-16(17)15-18(24)20(26)21-9-10-23-13-11-22(4-2)12-14-23/h5-8,18H,3-4,9-15H2,1-2H3,(H,21,26). The number of hydrogen-bond donors (Lipinski definition) is 1. The molecule has 0 aromatic heterocycles. The second-order valence-electron chi connectivity index (χ2n) is 7.03. The van der Waals surface area contributed by atoms with Crippen LogP contribution in [0, 0.1) is 0 Å². The Hall–Kier alpha value is -1.92. The number of benzene rings is 1. The van der Waals surface area contributed by atoms with Gasteiger partial charge < -0.3 is 10.2 Å². The highest BCUT2D eigenvalue weighted by atomic mass is 16.2. The molecule has 0 bridgehead atoms. The summed E-state index contributed by atoms with van der Waals surface area (Å²) in [7, 11) is 0. The largest absolute Gasteiger partial charge is 0.353 e. The number of fused-ring (bicyclic) bond motifs is 1. The molecule has 1 unspecified atom stereocenters. The molecule has 0 aliphatic carbocycles. The number of nitrogens with zero attached hydrogens (tertiary/aromatic N) is 3. The van der Waals surface area contributed by atoms with E-state index in [1.807, 2.05) is 31.2 Å². The summed E-state index contributed by atoms with van der Waals surface area (Å²) in [5.41, 5.74) is 1.96. The van der Waals surface area contributed by atoms with Crippen molar-refractivity contribution in [2.24, 2.45) is 0 Å². The number of piperazine rings is 1. The number of para-hydroxylation sites is 1. The third kappa shape index (κ3) is 4.07. The lowest BCUT2D eigenvalue weighted by Crippen LogP contribution is -2.51. The van der Waals surface area contributed by atoms with Crippen molar-refractivity contribution in [3.05, 3.63) is 29.8 Å². The molecule has 26 heavy (non-hydrogen) atoms. The van der Waals surface area contributed by atoms with E-state index in [1.54, 1.807) is 4.90 Å². The van der Waals surface area contributed by atoms with Crippen LogP contribution >= 0.6 is 0 Å². The fraction of sp³-hybridized carbons (Fsp3) is 0.600. The van der Waals surface area contributed by atoms with E-state index < -0.39 is 6.04 Å². The quantitative estimate of drug-likeness (QED) is 0.828. The van der Waals surface area contributed by atoms with Gasteiger partial charge in [0.25, 0.3) is 0 Å². The van der Waals surface area contributed by atoms with Crippen molar-refractivity contribution in [1.29, 1.82) is 0 Å². The van der Waals surface area contributed by atoms with Crippen molar-refractivity contribution in [1.82, 2.24) is 15.1 Å². The van der Waals surface area contributed by atoms with Crippen LogP contribution in [-0.2, 0) is 16.0 Å². The third-order valence-electron chi connectivity index (χ3n) is 5.49. The number of carbonyl (C=O) groups excluding carboxylic acids is 2. The average Bonchev–Trinajstić information content (AvgIpc) is 3.07. The van der Waals surface area contributed by atoms with Gasteiger partial charge in [-0.05, 0) is 18.2 Å². The summed E-state index contributed by atoms with van der Waals surface area (Å²) in [4.78, 5) is 31.7. The normalized spacial score (nSPS) is 20.8. The highest BCUT2D eigenvalue weighted by Gasteiger charge is 2.37. The highest BCUT2D eigenvalue weighted by molar-refractivity contribution is 6.03. The molecule has 1 aromatic carbocycles. The van der Waals surface area contributed by atoms with Crippen molar-refractivity contribution in [2.45, 2.75) is 32.7 Å². The number of likely N-dealkylation sites (N-methyl/N-ethyl adjacent to an activating group) is 1. The van der Waals surface area contributed by atoms with Crippen LogP contribution in [0.5, 0.6) is 0 Å². The number of nitrogens with one attached hydrogen (secondary N) is 1. The van der Waals surface area contributed by atoms with Crippen molar-refractivity contribution in [3.63, 3.8) is 0 Å². The maximum Gasteiger partial charge on any atom is 0.243 e. The molecule has 1 fully saturated rings. The number of amides is 2. The van der Waals surface area contributed by atoms with E-state index in [4.69, 9.17) is 0 Å². The Balaban J connectivity index is 1.53. The van der Waals surface area contributed by atoms with Gasteiger partial charge in [0.2, 0.25) is 11.8 Å². The van der Waals surface area contributed by atoms with Crippen LogP contribution in [0.2, 0.25) is 0 Å². The topological polar surface area (TPSA) is 55.9 Å². The number of carbonyl (C=O) groups is 2. The summed E-state index contributed by atoms with van der Waals surface area (Å²) in [5, 5.41) is 3.05. The Morgan fingerprint density at radius 2 is 1.77 bits per heavy atom. The molecule has 0 spiro atoms. The molecule has 142 valence electrons. The fourth-order valence-electron chi connectivity index (χ4n) is 3.86. The average molecular weight is 358 g/mol. The monoisotopic (exact) mass is 358 g/mol. The van der Waals surface area contributed by atoms with Gasteiger partial charge in [0, 0.05) is 57.8 Å². The van der Waals surface area contributed by atoms with Crippen molar-refractivity contribution < 1.29 is 9.59 Å². The SMILES string of the molecule is CCC(=O)N1c2ccccc2CC1C(=O)NCCN1CCN(CC)CC1. The van der Waals surface area contributed by atoms with E-state index >= 15 is 0 Å².